The van der Waals surface area contributed by atoms with E-state index in [4.69, 9.17) is 0 Å². The first-order chi connectivity index (χ1) is 4.52. The maximum absolute atomic E-state index is 9.78. The summed E-state index contributed by atoms with van der Waals surface area (Å²) in [5, 5.41) is 18.7. The van der Waals surface area contributed by atoms with Gasteiger partial charge >= 0.3 is 65.3 Å². The predicted molar refractivity (Wildman–Crippen MR) is 22.0 cm³/mol. The quantitative estimate of drug-likeness (QED) is 0.220. The maximum atomic E-state index is 9.78. The van der Waals surface area contributed by atoms with Crippen molar-refractivity contribution in [3.63, 3.8) is 0 Å². The Kier molecular flexibility index (Phi) is 21.7. The van der Waals surface area contributed by atoms with E-state index in [2.05, 4.69) is 9.47 Å². The monoisotopic (exact) mass is 212 g/mol. The van der Waals surface area contributed by atoms with Gasteiger partial charge in [0.1, 0.15) is 0 Å². The molecular formula is C3H2Na2O8. The molecular weight excluding hydrogens is 210 g/mol. The van der Waals surface area contributed by atoms with Gasteiger partial charge in [-0.1, -0.05) is 0 Å². The van der Waals surface area contributed by atoms with Crippen molar-refractivity contribution in [1.29, 1.82) is 0 Å². The van der Waals surface area contributed by atoms with E-state index in [9.17, 15) is 24.6 Å². The van der Waals surface area contributed by atoms with Crippen LogP contribution in [0, 0.1) is 0 Å². The molecule has 0 bridgehead atoms. The summed E-state index contributed by atoms with van der Waals surface area (Å²) in [6, 6.07) is 0. The topological polar surface area (TPSA) is 147 Å². The summed E-state index contributed by atoms with van der Waals surface area (Å²) >= 11 is 0. The van der Waals surface area contributed by atoms with Crippen LogP contribution in [0.25, 0.3) is 0 Å². The van der Waals surface area contributed by atoms with Gasteiger partial charge < -0.3 is 34.8 Å². The molecule has 0 radical (unpaired) electrons. The smallest absolute Gasteiger partial charge is 0.467 e. The van der Waals surface area contributed by atoms with Gasteiger partial charge in [0.05, 0.1) is 0 Å². The van der Waals surface area contributed by atoms with Crippen molar-refractivity contribution in [3.05, 3.63) is 0 Å². The molecule has 0 atom stereocenters. The maximum Gasteiger partial charge on any atom is 1.00 e. The van der Waals surface area contributed by atoms with Gasteiger partial charge in [-0.05, 0) is 0 Å². The van der Waals surface area contributed by atoms with Gasteiger partial charge in [0.2, 0.25) is 0 Å². The molecule has 0 spiro atoms. The van der Waals surface area contributed by atoms with Crippen molar-refractivity contribution in [2.75, 3.05) is 0 Å². The number of carbonyl (C=O) groups is 3. The van der Waals surface area contributed by atoms with E-state index in [0.29, 0.717) is 0 Å². The molecule has 0 heterocycles. The Balaban J connectivity index is -0.000000135. The van der Waals surface area contributed by atoms with Crippen LogP contribution in [0.1, 0.15) is 0 Å². The van der Waals surface area contributed by atoms with E-state index in [0.717, 1.165) is 0 Å². The average Bonchev–Trinajstić information content (AvgIpc) is 1.58. The molecule has 0 aromatic heterocycles. The van der Waals surface area contributed by atoms with Gasteiger partial charge in [-0.15, -0.1) is 0 Å². The van der Waals surface area contributed by atoms with Crippen molar-refractivity contribution >= 4 is 18.5 Å². The zero-order valence-corrected chi connectivity index (χ0v) is 10.9. The van der Waals surface area contributed by atoms with Crippen LogP contribution in [0.5, 0.6) is 0 Å². The molecule has 0 saturated carbocycles. The molecule has 0 unspecified atom stereocenters. The third kappa shape index (κ3) is 18.9. The van der Waals surface area contributed by atoms with Gasteiger partial charge in [-0.2, -0.15) is 0 Å². The molecule has 13 heavy (non-hydrogen) atoms. The van der Waals surface area contributed by atoms with Crippen LogP contribution < -0.4 is 69.3 Å². The largest absolute Gasteiger partial charge is 1.00 e. The number of hydrogen-bond acceptors (Lipinski definition) is 7. The molecule has 0 aromatic rings. The molecule has 0 saturated heterocycles. The molecule has 0 aliphatic carbocycles. The van der Waals surface area contributed by atoms with Crippen LogP contribution in [-0.2, 0) is 9.47 Å². The first-order valence-electron chi connectivity index (χ1n) is 1.84. The third-order valence-electron chi connectivity index (χ3n) is 0.333. The van der Waals surface area contributed by atoms with E-state index < -0.39 is 18.5 Å². The Hall–Kier alpha value is 0.170. The Morgan fingerprint density at radius 2 is 1.08 bits per heavy atom. The minimum atomic E-state index is -2.20. The molecule has 0 fully saturated rings. The summed E-state index contributed by atoms with van der Waals surface area (Å²) in [6.45, 7) is 0. The first-order valence-corrected chi connectivity index (χ1v) is 1.84. The summed E-state index contributed by atoms with van der Waals surface area (Å²) in [4.78, 5) is 28.5. The minimum Gasteiger partial charge on any atom is -0.467 e. The van der Waals surface area contributed by atoms with Gasteiger partial charge in [0, 0.05) is 0 Å². The fraction of sp³-hybridized carbons (Fsp3) is 0. The molecule has 2 N–H and O–H groups in total. The van der Waals surface area contributed by atoms with Crippen LogP contribution >= 0.6 is 0 Å². The molecule has 0 aromatic carbocycles. The van der Waals surface area contributed by atoms with E-state index in [1.54, 1.807) is 0 Å². The average molecular weight is 212 g/mol. The zero-order chi connectivity index (χ0) is 8.15. The van der Waals surface area contributed by atoms with E-state index in [1.807, 2.05) is 0 Å². The molecule has 64 valence electrons. The molecule has 0 rings (SSSR count). The van der Waals surface area contributed by atoms with Crippen molar-refractivity contribution in [2.45, 2.75) is 0 Å². The third-order valence-corrected chi connectivity index (χ3v) is 0.333. The predicted octanol–water partition coefficient (Wildman–Crippen LogP) is -8.99. The Morgan fingerprint density at radius 1 is 0.846 bits per heavy atom. The Morgan fingerprint density at radius 3 is 1.23 bits per heavy atom. The standard InChI is InChI=1S/C3H2O7.2Na.H2O/c4-1(5)9-3(8)10-2(6)7;;;/h(H,4,5)(H,6,7);;;1H2/q;2*+1;/p-2. The van der Waals surface area contributed by atoms with Gasteiger partial charge in [0.15, 0.2) is 0 Å². The minimum absolute atomic E-state index is 0. The number of rotatable bonds is 0. The number of ether oxygens (including phenoxy) is 2. The zero-order valence-electron chi connectivity index (χ0n) is 6.86. The number of carboxylic acid groups (broad SMARTS) is 2. The molecule has 8 nitrogen and oxygen atoms in total. The SMILES string of the molecule is O.O=C([O-])OC(=O)OC(=O)[O-].[Na+].[Na+]. The normalized spacial score (nSPS) is 6.15. The fourth-order valence-electron chi connectivity index (χ4n) is 0.157. The second kappa shape index (κ2) is 12.2. The van der Waals surface area contributed by atoms with Crippen LogP contribution in [0.15, 0.2) is 0 Å². The Bertz CT molecular complexity index is 160. The van der Waals surface area contributed by atoms with Crippen LogP contribution in [0.3, 0.4) is 0 Å². The van der Waals surface area contributed by atoms with E-state index in [1.165, 1.54) is 0 Å². The molecule has 0 aliphatic heterocycles. The Labute approximate surface area is 116 Å². The van der Waals surface area contributed by atoms with Crippen LogP contribution in [-0.4, -0.2) is 23.9 Å². The van der Waals surface area contributed by atoms with Crippen LogP contribution in [0.4, 0.5) is 14.4 Å². The second-order valence-corrected chi connectivity index (χ2v) is 0.954. The van der Waals surface area contributed by atoms with Crippen LogP contribution in [0.2, 0.25) is 0 Å². The summed E-state index contributed by atoms with van der Waals surface area (Å²) in [7, 11) is 0. The second-order valence-electron chi connectivity index (χ2n) is 0.954. The van der Waals surface area contributed by atoms with Crippen molar-refractivity contribution in [1.82, 2.24) is 0 Å². The first kappa shape index (κ1) is 23.2. The van der Waals surface area contributed by atoms with Gasteiger partial charge in [-0.25, -0.2) is 4.79 Å². The van der Waals surface area contributed by atoms with Gasteiger partial charge in [-0.3, -0.25) is 0 Å². The number of carbonyl (C=O) groups excluding carboxylic acids is 3. The molecule has 0 amide bonds. The van der Waals surface area contributed by atoms with Crippen molar-refractivity contribution in [2.24, 2.45) is 0 Å². The molecule has 0 aliphatic rings. The van der Waals surface area contributed by atoms with E-state index >= 15 is 0 Å². The van der Waals surface area contributed by atoms with Gasteiger partial charge in [0.25, 0.3) is 12.3 Å². The summed E-state index contributed by atoms with van der Waals surface area (Å²) in [5.41, 5.74) is 0. The summed E-state index contributed by atoms with van der Waals surface area (Å²) in [6.07, 6.45) is -6.32. The number of hydrogen-bond donors (Lipinski definition) is 0. The molecule has 10 heteroatoms. The summed E-state index contributed by atoms with van der Waals surface area (Å²) in [5.74, 6) is 0. The van der Waals surface area contributed by atoms with Crippen molar-refractivity contribution in [3.8, 4) is 0 Å². The fourth-order valence-corrected chi connectivity index (χ4v) is 0.157. The van der Waals surface area contributed by atoms with Crippen molar-refractivity contribution < 1.29 is 98.7 Å². The summed E-state index contributed by atoms with van der Waals surface area (Å²) < 4.78 is 6.17. The van der Waals surface area contributed by atoms with E-state index in [-0.39, 0.29) is 64.6 Å².